The van der Waals surface area contributed by atoms with Crippen LogP contribution in [-0.2, 0) is 0 Å². The topological polar surface area (TPSA) is 12.4 Å². The van der Waals surface area contributed by atoms with Gasteiger partial charge in [0.1, 0.15) is 5.82 Å². The van der Waals surface area contributed by atoms with Crippen molar-refractivity contribution in [2.75, 3.05) is 7.05 Å². The maximum atomic E-state index is 13.6. The molecule has 0 aliphatic carbocycles. The van der Waals surface area contributed by atoms with E-state index in [9.17, 15) is 4.39 Å². The first kappa shape index (κ1) is 10.6. The molecule has 0 saturated heterocycles. The molecule has 2 aromatic rings. The Bertz CT molecular complexity index is 503. The van der Waals surface area contributed by atoms with Gasteiger partial charge in [0, 0.05) is 18.8 Å². The number of halogens is 1. The van der Waals surface area contributed by atoms with Crippen molar-refractivity contribution in [1.82, 2.24) is 0 Å². The fraction of sp³-hybridized carbons (Fsp3) is 0.0714. The lowest BCUT2D eigenvalue weighted by Gasteiger charge is -2.03. The van der Waals surface area contributed by atoms with E-state index in [1.54, 1.807) is 13.1 Å². The SMILES string of the molecule is CN=Cc1ccc(-c2ccccc2)cc1F. The summed E-state index contributed by atoms with van der Waals surface area (Å²) >= 11 is 0. The Morgan fingerprint density at radius 3 is 2.38 bits per heavy atom. The summed E-state index contributed by atoms with van der Waals surface area (Å²) in [5.74, 6) is -0.244. The van der Waals surface area contributed by atoms with Gasteiger partial charge in [-0.3, -0.25) is 4.99 Å². The zero-order chi connectivity index (χ0) is 11.4. The molecule has 0 saturated carbocycles. The van der Waals surface area contributed by atoms with E-state index in [1.807, 2.05) is 36.4 Å². The molecule has 80 valence electrons. The van der Waals surface area contributed by atoms with Gasteiger partial charge in [0.05, 0.1) is 0 Å². The zero-order valence-corrected chi connectivity index (χ0v) is 9.02. The number of aliphatic imine (C=N–C) groups is 1. The molecule has 0 bridgehead atoms. The van der Waals surface area contributed by atoms with Gasteiger partial charge >= 0.3 is 0 Å². The van der Waals surface area contributed by atoms with Crippen molar-refractivity contribution in [2.45, 2.75) is 0 Å². The quantitative estimate of drug-likeness (QED) is 0.676. The van der Waals surface area contributed by atoms with Crippen LogP contribution < -0.4 is 0 Å². The van der Waals surface area contributed by atoms with E-state index in [0.717, 1.165) is 11.1 Å². The monoisotopic (exact) mass is 213 g/mol. The van der Waals surface area contributed by atoms with E-state index in [0.29, 0.717) is 5.56 Å². The van der Waals surface area contributed by atoms with Gasteiger partial charge in [0.25, 0.3) is 0 Å². The Labute approximate surface area is 94.3 Å². The van der Waals surface area contributed by atoms with E-state index in [4.69, 9.17) is 0 Å². The summed E-state index contributed by atoms with van der Waals surface area (Å²) in [6, 6.07) is 14.9. The number of benzene rings is 2. The van der Waals surface area contributed by atoms with Gasteiger partial charge in [-0.1, -0.05) is 36.4 Å². The van der Waals surface area contributed by atoms with Crippen LogP contribution in [0.2, 0.25) is 0 Å². The van der Waals surface area contributed by atoms with E-state index in [-0.39, 0.29) is 5.82 Å². The van der Waals surface area contributed by atoms with Crippen LogP contribution in [0.15, 0.2) is 53.5 Å². The average Bonchev–Trinajstić information content (AvgIpc) is 2.33. The minimum Gasteiger partial charge on any atom is -0.296 e. The van der Waals surface area contributed by atoms with Crippen LogP contribution in [-0.4, -0.2) is 13.3 Å². The van der Waals surface area contributed by atoms with Crippen molar-refractivity contribution < 1.29 is 4.39 Å². The molecular formula is C14H12FN. The molecule has 0 N–H and O–H groups in total. The average molecular weight is 213 g/mol. The second kappa shape index (κ2) is 4.71. The number of hydrogen-bond acceptors (Lipinski definition) is 1. The Morgan fingerprint density at radius 2 is 1.75 bits per heavy atom. The zero-order valence-electron chi connectivity index (χ0n) is 9.02. The highest BCUT2D eigenvalue weighted by atomic mass is 19.1. The first-order valence-corrected chi connectivity index (χ1v) is 5.08. The van der Waals surface area contributed by atoms with Gasteiger partial charge in [-0.25, -0.2) is 4.39 Å². The second-order valence-corrected chi connectivity index (χ2v) is 3.49. The lowest BCUT2D eigenvalue weighted by molar-refractivity contribution is 0.626. The predicted octanol–water partition coefficient (Wildman–Crippen LogP) is 3.54. The lowest BCUT2D eigenvalue weighted by atomic mass is 10.0. The Balaban J connectivity index is 2.42. The van der Waals surface area contributed by atoms with Crippen LogP contribution in [0.4, 0.5) is 4.39 Å². The van der Waals surface area contributed by atoms with Crippen molar-refractivity contribution in [3.63, 3.8) is 0 Å². The second-order valence-electron chi connectivity index (χ2n) is 3.49. The van der Waals surface area contributed by atoms with Crippen LogP contribution in [0.5, 0.6) is 0 Å². The van der Waals surface area contributed by atoms with Gasteiger partial charge < -0.3 is 0 Å². The third-order valence-electron chi connectivity index (χ3n) is 2.38. The van der Waals surface area contributed by atoms with Gasteiger partial charge in [-0.15, -0.1) is 0 Å². The first-order chi connectivity index (χ1) is 7.81. The largest absolute Gasteiger partial charge is 0.296 e. The minimum atomic E-state index is -0.244. The van der Waals surface area contributed by atoms with E-state index >= 15 is 0 Å². The predicted molar refractivity (Wildman–Crippen MR) is 65.4 cm³/mol. The molecule has 0 aliphatic heterocycles. The molecule has 2 heteroatoms. The molecule has 0 fully saturated rings. The number of hydrogen-bond donors (Lipinski definition) is 0. The van der Waals surface area contributed by atoms with Crippen molar-refractivity contribution in [3.8, 4) is 11.1 Å². The van der Waals surface area contributed by atoms with Gasteiger partial charge in [-0.05, 0) is 23.3 Å². The lowest BCUT2D eigenvalue weighted by Crippen LogP contribution is -1.89. The van der Waals surface area contributed by atoms with Crippen LogP contribution in [0, 0.1) is 5.82 Å². The highest BCUT2D eigenvalue weighted by Crippen LogP contribution is 2.20. The number of nitrogens with zero attached hydrogens (tertiary/aromatic N) is 1. The maximum absolute atomic E-state index is 13.6. The summed E-state index contributed by atoms with van der Waals surface area (Å²) in [5, 5.41) is 0. The Morgan fingerprint density at radius 1 is 1.00 bits per heavy atom. The summed E-state index contributed by atoms with van der Waals surface area (Å²) in [5.41, 5.74) is 2.41. The van der Waals surface area contributed by atoms with Crippen LogP contribution in [0.3, 0.4) is 0 Å². The summed E-state index contributed by atoms with van der Waals surface area (Å²) in [7, 11) is 1.63. The van der Waals surface area contributed by atoms with Crippen molar-refractivity contribution in [3.05, 3.63) is 59.9 Å². The van der Waals surface area contributed by atoms with Crippen molar-refractivity contribution in [1.29, 1.82) is 0 Å². The third kappa shape index (κ3) is 2.16. The Kier molecular flexibility index (Phi) is 3.10. The van der Waals surface area contributed by atoms with Crippen LogP contribution >= 0.6 is 0 Å². The van der Waals surface area contributed by atoms with E-state index in [1.165, 1.54) is 12.3 Å². The smallest absolute Gasteiger partial charge is 0.132 e. The van der Waals surface area contributed by atoms with Crippen LogP contribution in [0.25, 0.3) is 11.1 Å². The van der Waals surface area contributed by atoms with E-state index in [2.05, 4.69) is 4.99 Å². The third-order valence-corrected chi connectivity index (χ3v) is 2.38. The highest BCUT2D eigenvalue weighted by molar-refractivity contribution is 5.81. The minimum absolute atomic E-state index is 0.244. The molecular weight excluding hydrogens is 201 g/mol. The molecule has 0 heterocycles. The van der Waals surface area contributed by atoms with E-state index < -0.39 is 0 Å². The molecule has 0 amide bonds. The summed E-state index contributed by atoms with van der Waals surface area (Å²) in [4.78, 5) is 3.80. The molecule has 16 heavy (non-hydrogen) atoms. The number of rotatable bonds is 2. The summed E-state index contributed by atoms with van der Waals surface area (Å²) < 4.78 is 13.6. The molecule has 2 rings (SSSR count). The molecule has 0 aromatic heterocycles. The highest BCUT2D eigenvalue weighted by Gasteiger charge is 2.02. The standard InChI is InChI=1S/C14H12FN/c1-16-10-13-8-7-12(9-14(13)15)11-5-3-2-4-6-11/h2-10H,1H3. The normalized spacial score (nSPS) is 10.9. The maximum Gasteiger partial charge on any atom is 0.132 e. The Hall–Kier alpha value is -1.96. The van der Waals surface area contributed by atoms with Gasteiger partial charge in [0.2, 0.25) is 0 Å². The molecule has 0 atom stereocenters. The fourth-order valence-corrected chi connectivity index (χ4v) is 1.58. The first-order valence-electron chi connectivity index (χ1n) is 5.08. The molecule has 1 nitrogen and oxygen atoms in total. The fourth-order valence-electron chi connectivity index (χ4n) is 1.58. The van der Waals surface area contributed by atoms with Crippen LogP contribution in [0.1, 0.15) is 5.56 Å². The van der Waals surface area contributed by atoms with Gasteiger partial charge in [0.15, 0.2) is 0 Å². The van der Waals surface area contributed by atoms with Crippen molar-refractivity contribution in [2.24, 2.45) is 4.99 Å². The van der Waals surface area contributed by atoms with Gasteiger partial charge in [-0.2, -0.15) is 0 Å². The molecule has 0 unspecified atom stereocenters. The van der Waals surface area contributed by atoms with Crippen molar-refractivity contribution >= 4 is 6.21 Å². The molecule has 0 spiro atoms. The summed E-state index contributed by atoms with van der Waals surface area (Å²) in [6.45, 7) is 0. The summed E-state index contributed by atoms with van der Waals surface area (Å²) in [6.07, 6.45) is 1.52. The molecule has 0 aliphatic rings. The molecule has 0 radical (unpaired) electrons. The molecule has 2 aromatic carbocycles.